The maximum absolute atomic E-state index is 13.5. The van der Waals surface area contributed by atoms with Crippen LogP contribution in [-0.4, -0.2) is 72.2 Å². The lowest BCUT2D eigenvalue weighted by molar-refractivity contribution is 0.0383. The van der Waals surface area contributed by atoms with Crippen LogP contribution in [-0.2, 0) is 11.3 Å². The van der Waals surface area contributed by atoms with Crippen LogP contribution in [0.2, 0.25) is 5.02 Å². The van der Waals surface area contributed by atoms with Gasteiger partial charge in [-0.1, -0.05) is 23.7 Å². The minimum atomic E-state index is -1.22. The summed E-state index contributed by atoms with van der Waals surface area (Å²) in [5, 5.41) is 14.0. The third kappa shape index (κ3) is 8.86. The molecule has 0 atom stereocenters. The molecule has 1 saturated heterocycles. The Morgan fingerprint density at radius 1 is 0.950 bits per heavy atom. The maximum atomic E-state index is 13.5. The quantitative estimate of drug-likeness (QED) is 0.272. The minimum absolute atomic E-state index is 0. The molecule has 1 fully saturated rings. The van der Waals surface area contributed by atoms with E-state index in [2.05, 4.69) is 31.0 Å². The van der Waals surface area contributed by atoms with Crippen molar-refractivity contribution in [1.82, 2.24) is 25.7 Å². The molecular formula is C25H27Cl3F2N6O4. The zero-order valence-electron chi connectivity index (χ0n) is 21.0. The van der Waals surface area contributed by atoms with Gasteiger partial charge in [-0.15, -0.1) is 24.8 Å². The van der Waals surface area contributed by atoms with E-state index < -0.39 is 23.4 Å². The normalized spacial score (nSPS) is 13.0. The Hall–Kier alpha value is -3.29. The number of amides is 3. The van der Waals surface area contributed by atoms with Gasteiger partial charge in [0, 0.05) is 44.4 Å². The topological polar surface area (TPSA) is 128 Å². The lowest BCUT2D eigenvalue weighted by atomic mass is 10.1. The fraction of sp³-hybridized carbons (Fsp3) is 0.280. The van der Waals surface area contributed by atoms with Gasteiger partial charge in [0.25, 0.3) is 17.7 Å². The van der Waals surface area contributed by atoms with E-state index in [4.69, 9.17) is 16.3 Å². The summed E-state index contributed by atoms with van der Waals surface area (Å²) >= 11 is 5.81. The van der Waals surface area contributed by atoms with Crippen molar-refractivity contribution >= 4 is 60.0 Å². The van der Waals surface area contributed by atoms with Gasteiger partial charge in [-0.05, 0) is 29.8 Å². The Morgan fingerprint density at radius 2 is 1.62 bits per heavy atom. The largest absolute Gasteiger partial charge is 0.379 e. The highest BCUT2D eigenvalue weighted by atomic mass is 35.5. The molecule has 40 heavy (non-hydrogen) atoms. The third-order valence-electron chi connectivity index (χ3n) is 5.80. The molecule has 216 valence electrons. The first-order valence-electron chi connectivity index (χ1n) is 11.8. The van der Waals surface area contributed by atoms with E-state index in [9.17, 15) is 23.2 Å². The van der Waals surface area contributed by atoms with Crippen molar-refractivity contribution in [1.29, 1.82) is 0 Å². The lowest BCUT2D eigenvalue weighted by Crippen LogP contribution is -2.41. The fourth-order valence-corrected chi connectivity index (χ4v) is 3.93. The molecule has 1 aromatic heterocycles. The molecule has 0 aliphatic carbocycles. The number of aromatic nitrogens is 2. The van der Waals surface area contributed by atoms with Crippen LogP contribution in [0.3, 0.4) is 0 Å². The van der Waals surface area contributed by atoms with Crippen molar-refractivity contribution in [2.24, 2.45) is 0 Å². The molecule has 1 aliphatic rings. The number of hydrogen-bond acceptors (Lipinski definition) is 6. The molecule has 0 unspecified atom stereocenters. The fourth-order valence-electron chi connectivity index (χ4n) is 3.69. The van der Waals surface area contributed by atoms with E-state index in [0.717, 1.165) is 25.2 Å². The minimum Gasteiger partial charge on any atom is -0.379 e. The first kappa shape index (κ1) is 32.9. The molecule has 15 heteroatoms. The first-order valence-corrected chi connectivity index (χ1v) is 12.1. The SMILES string of the molecule is Cl.Cl.O=C(NCCN1CCOCC1)c1ccc(CNC(=O)c2cc(NC(=O)c3cc(F)c(F)cc3Cl)[nH]n2)cc1. The molecule has 0 bridgehead atoms. The summed E-state index contributed by atoms with van der Waals surface area (Å²) in [6.07, 6.45) is 0. The average Bonchev–Trinajstić information content (AvgIpc) is 3.38. The highest BCUT2D eigenvalue weighted by Crippen LogP contribution is 2.21. The summed E-state index contributed by atoms with van der Waals surface area (Å²) < 4.78 is 32.0. The van der Waals surface area contributed by atoms with Gasteiger partial charge in [-0.2, -0.15) is 5.10 Å². The van der Waals surface area contributed by atoms with Crippen molar-refractivity contribution < 1.29 is 27.9 Å². The predicted octanol–water partition coefficient (Wildman–Crippen LogP) is 3.43. The Labute approximate surface area is 246 Å². The van der Waals surface area contributed by atoms with Crippen molar-refractivity contribution in [2.45, 2.75) is 6.54 Å². The molecule has 1 aliphatic heterocycles. The summed E-state index contributed by atoms with van der Waals surface area (Å²) in [4.78, 5) is 39.4. The number of carbonyl (C=O) groups is 3. The summed E-state index contributed by atoms with van der Waals surface area (Å²) in [6.45, 7) is 4.61. The molecule has 0 saturated carbocycles. The lowest BCUT2D eigenvalue weighted by Gasteiger charge is -2.26. The van der Waals surface area contributed by atoms with Gasteiger partial charge in [0.1, 0.15) is 5.82 Å². The van der Waals surface area contributed by atoms with Gasteiger partial charge >= 0.3 is 0 Å². The van der Waals surface area contributed by atoms with Crippen molar-refractivity contribution in [3.8, 4) is 0 Å². The molecule has 2 heterocycles. The zero-order chi connectivity index (χ0) is 27.1. The number of H-pyrrole nitrogens is 1. The second-order valence-electron chi connectivity index (χ2n) is 8.46. The molecule has 3 amide bonds. The Bertz CT molecular complexity index is 1320. The van der Waals surface area contributed by atoms with Gasteiger partial charge in [-0.25, -0.2) is 8.78 Å². The van der Waals surface area contributed by atoms with E-state index >= 15 is 0 Å². The monoisotopic (exact) mass is 618 g/mol. The molecule has 0 spiro atoms. The van der Waals surface area contributed by atoms with Crippen LogP contribution in [0.1, 0.15) is 36.8 Å². The van der Waals surface area contributed by atoms with Crippen LogP contribution < -0.4 is 16.0 Å². The van der Waals surface area contributed by atoms with Crippen LogP contribution in [0.25, 0.3) is 0 Å². The molecule has 4 N–H and O–H groups in total. The number of anilines is 1. The Morgan fingerprint density at radius 3 is 2.33 bits per heavy atom. The van der Waals surface area contributed by atoms with Crippen LogP contribution in [0.4, 0.5) is 14.6 Å². The van der Waals surface area contributed by atoms with Gasteiger partial charge in [0.2, 0.25) is 0 Å². The number of benzene rings is 2. The van der Waals surface area contributed by atoms with Crippen LogP contribution in [0.5, 0.6) is 0 Å². The number of hydrogen-bond donors (Lipinski definition) is 4. The summed E-state index contributed by atoms with van der Waals surface area (Å²) in [5.41, 5.74) is 0.990. The number of morpholine rings is 1. The summed E-state index contributed by atoms with van der Waals surface area (Å²) in [5.74, 6) is -3.84. The van der Waals surface area contributed by atoms with Gasteiger partial charge in [0.15, 0.2) is 17.3 Å². The summed E-state index contributed by atoms with van der Waals surface area (Å²) in [6, 6.07) is 9.48. The number of halogens is 5. The van der Waals surface area contributed by atoms with E-state index in [-0.39, 0.29) is 59.4 Å². The van der Waals surface area contributed by atoms with E-state index in [0.29, 0.717) is 37.5 Å². The van der Waals surface area contributed by atoms with Gasteiger partial charge < -0.3 is 20.7 Å². The molecule has 4 rings (SSSR count). The maximum Gasteiger partial charge on any atom is 0.272 e. The second-order valence-corrected chi connectivity index (χ2v) is 8.86. The van der Waals surface area contributed by atoms with Crippen LogP contribution in [0.15, 0.2) is 42.5 Å². The highest BCUT2D eigenvalue weighted by Gasteiger charge is 2.17. The zero-order valence-corrected chi connectivity index (χ0v) is 23.4. The smallest absolute Gasteiger partial charge is 0.272 e. The number of carbonyl (C=O) groups excluding carboxylic acids is 3. The molecule has 2 aromatic carbocycles. The standard InChI is InChI=1S/C25H25ClF2N6O4.2ClH/c26-18-12-20(28)19(27)11-17(18)24(36)31-22-13-21(32-33-22)25(37)30-14-15-1-3-16(4-2-15)23(35)29-5-6-34-7-9-38-10-8-34;;/h1-4,11-13H,5-10,14H2,(H,29,35)(H,30,37)(H2,31,32,33,36);2*1H. The number of ether oxygens (including phenoxy) is 1. The molecule has 10 nitrogen and oxygen atoms in total. The van der Waals surface area contributed by atoms with Crippen molar-refractivity contribution in [3.05, 3.63) is 81.5 Å². The molecular weight excluding hydrogens is 593 g/mol. The van der Waals surface area contributed by atoms with Gasteiger partial charge in [-0.3, -0.25) is 24.4 Å². The number of nitrogens with one attached hydrogen (secondary N) is 4. The second kappa shape index (κ2) is 15.5. The van der Waals surface area contributed by atoms with Crippen molar-refractivity contribution in [2.75, 3.05) is 44.7 Å². The van der Waals surface area contributed by atoms with E-state index in [1.165, 1.54) is 6.07 Å². The molecule has 0 radical (unpaired) electrons. The average molecular weight is 620 g/mol. The van der Waals surface area contributed by atoms with Crippen molar-refractivity contribution in [3.63, 3.8) is 0 Å². The van der Waals surface area contributed by atoms with E-state index in [1.807, 2.05) is 0 Å². The third-order valence-corrected chi connectivity index (χ3v) is 6.11. The first-order chi connectivity index (χ1) is 18.3. The van der Waals surface area contributed by atoms with Crippen LogP contribution >= 0.6 is 36.4 Å². The van der Waals surface area contributed by atoms with Gasteiger partial charge in [0.05, 0.1) is 23.8 Å². The van der Waals surface area contributed by atoms with Crippen LogP contribution in [0, 0.1) is 11.6 Å². The number of aromatic amines is 1. The predicted molar refractivity (Wildman–Crippen MR) is 150 cm³/mol. The Balaban J connectivity index is 0.00000280. The van der Waals surface area contributed by atoms with E-state index in [1.54, 1.807) is 24.3 Å². The number of rotatable bonds is 9. The highest BCUT2D eigenvalue weighted by molar-refractivity contribution is 6.34. The molecule has 3 aromatic rings. The number of nitrogens with zero attached hydrogens (tertiary/aromatic N) is 2. The Kier molecular flexibility index (Phi) is 12.7. The summed E-state index contributed by atoms with van der Waals surface area (Å²) in [7, 11) is 0.